The number of benzene rings is 1. The molecule has 0 fully saturated rings. The van der Waals surface area contributed by atoms with Crippen molar-refractivity contribution in [2.45, 2.75) is 26.0 Å². The molecule has 0 aliphatic heterocycles. The molecule has 114 valence electrons. The molecule has 1 amide bonds. The molecular weight excluding hydrogens is 280 g/mol. The van der Waals surface area contributed by atoms with E-state index in [2.05, 4.69) is 5.32 Å². The molecule has 0 spiro atoms. The van der Waals surface area contributed by atoms with E-state index in [0.29, 0.717) is 5.56 Å². The van der Waals surface area contributed by atoms with Crippen LogP contribution in [0.5, 0.6) is 0 Å². The largest absolute Gasteiger partial charge is 0.464 e. The lowest BCUT2D eigenvalue weighted by Crippen LogP contribution is -2.42. The molecule has 0 saturated carbocycles. The molecule has 0 radical (unpaired) electrons. The van der Waals surface area contributed by atoms with Crippen molar-refractivity contribution >= 4 is 17.6 Å². The molecule has 0 bridgehead atoms. The van der Waals surface area contributed by atoms with Crippen molar-refractivity contribution < 1.29 is 24.4 Å². The van der Waals surface area contributed by atoms with Gasteiger partial charge in [-0.15, -0.1) is 0 Å². The third kappa shape index (κ3) is 5.19. The summed E-state index contributed by atoms with van der Waals surface area (Å²) in [6.07, 6.45) is -1.16. The van der Waals surface area contributed by atoms with Crippen molar-refractivity contribution in [3.8, 4) is 0 Å². The second kappa shape index (κ2) is 7.34. The maximum Gasteiger partial charge on any atom is 0.302 e. The van der Waals surface area contributed by atoms with E-state index in [9.17, 15) is 24.8 Å². The second-order valence-electron chi connectivity index (χ2n) is 4.40. The van der Waals surface area contributed by atoms with Crippen molar-refractivity contribution in [3.63, 3.8) is 0 Å². The number of amides is 1. The van der Waals surface area contributed by atoms with Crippen LogP contribution in [0.4, 0.5) is 5.69 Å². The number of hydrogen-bond donors (Lipinski definition) is 2. The Morgan fingerprint density at radius 3 is 2.33 bits per heavy atom. The number of nitro groups is 1. The van der Waals surface area contributed by atoms with Crippen molar-refractivity contribution in [1.29, 1.82) is 0 Å². The number of carbonyl (C=O) groups excluding carboxylic acids is 2. The Labute approximate surface area is 120 Å². The number of aliphatic hydroxyl groups excluding tert-OH is 1. The van der Waals surface area contributed by atoms with Gasteiger partial charge in [-0.2, -0.15) is 0 Å². The summed E-state index contributed by atoms with van der Waals surface area (Å²) >= 11 is 0. The first-order valence-corrected chi connectivity index (χ1v) is 6.14. The quantitative estimate of drug-likeness (QED) is 0.453. The van der Waals surface area contributed by atoms with Crippen LogP contribution in [0.3, 0.4) is 0 Å². The Kier molecular flexibility index (Phi) is 5.79. The van der Waals surface area contributed by atoms with E-state index in [-0.39, 0.29) is 12.3 Å². The monoisotopic (exact) mass is 296 g/mol. The van der Waals surface area contributed by atoms with Crippen LogP contribution in [-0.4, -0.2) is 34.6 Å². The van der Waals surface area contributed by atoms with Crippen LogP contribution < -0.4 is 5.32 Å². The fourth-order valence-electron chi connectivity index (χ4n) is 1.71. The maximum absolute atomic E-state index is 11.1. The van der Waals surface area contributed by atoms with Crippen molar-refractivity contribution in [2.24, 2.45) is 0 Å². The molecule has 0 aromatic heterocycles. The van der Waals surface area contributed by atoms with Crippen molar-refractivity contribution in [1.82, 2.24) is 5.32 Å². The number of nitrogens with zero attached hydrogens (tertiary/aromatic N) is 1. The zero-order valence-corrected chi connectivity index (χ0v) is 11.6. The average molecular weight is 296 g/mol. The van der Waals surface area contributed by atoms with E-state index in [1.165, 1.54) is 38.1 Å². The van der Waals surface area contributed by atoms with Gasteiger partial charge in [-0.25, -0.2) is 0 Å². The Balaban J connectivity index is 2.86. The summed E-state index contributed by atoms with van der Waals surface area (Å²) in [5.74, 6) is -0.936. The van der Waals surface area contributed by atoms with Crippen LogP contribution in [-0.2, 0) is 14.3 Å². The van der Waals surface area contributed by atoms with Crippen LogP contribution in [0.25, 0.3) is 0 Å². The molecule has 8 nitrogen and oxygen atoms in total. The zero-order chi connectivity index (χ0) is 16.0. The number of non-ortho nitro benzene ring substituents is 1. The minimum Gasteiger partial charge on any atom is -0.464 e. The summed E-state index contributed by atoms with van der Waals surface area (Å²) in [6, 6.07) is 4.41. The predicted octanol–water partition coefficient (Wildman–Crippen LogP) is 0.696. The fraction of sp³-hybridized carbons (Fsp3) is 0.385. The number of rotatable bonds is 6. The standard InChI is InChI=1S/C13H16N2O6/c1-8(16)14-12(7-21-9(2)17)13(18)10-3-5-11(6-4-10)15(19)20/h3-6,12-13,18H,7H2,1-2H3,(H,14,16). The van der Waals surface area contributed by atoms with E-state index in [1.54, 1.807) is 0 Å². The van der Waals surface area contributed by atoms with Crippen molar-refractivity contribution in [2.75, 3.05) is 6.61 Å². The Morgan fingerprint density at radius 1 is 1.33 bits per heavy atom. The summed E-state index contributed by atoms with van der Waals surface area (Å²) < 4.78 is 4.79. The highest BCUT2D eigenvalue weighted by Gasteiger charge is 2.23. The maximum atomic E-state index is 11.1. The predicted molar refractivity (Wildman–Crippen MR) is 72.3 cm³/mol. The van der Waals surface area contributed by atoms with Gasteiger partial charge in [0.2, 0.25) is 5.91 Å². The molecule has 1 rings (SSSR count). The van der Waals surface area contributed by atoms with Crippen LogP contribution in [0.1, 0.15) is 25.5 Å². The highest BCUT2D eigenvalue weighted by Crippen LogP contribution is 2.20. The Bertz CT molecular complexity index is 528. The van der Waals surface area contributed by atoms with Gasteiger partial charge in [-0.3, -0.25) is 19.7 Å². The molecule has 21 heavy (non-hydrogen) atoms. The van der Waals surface area contributed by atoms with Gasteiger partial charge >= 0.3 is 5.97 Å². The van der Waals surface area contributed by atoms with Gasteiger partial charge in [0, 0.05) is 26.0 Å². The topological polar surface area (TPSA) is 119 Å². The second-order valence-corrected chi connectivity index (χ2v) is 4.40. The van der Waals surface area contributed by atoms with Gasteiger partial charge in [-0.05, 0) is 17.7 Å². The molecule has 8 heteroatoms. The first-order chi connectivity index (χ1) is 9.81. The number of ether oxygens (including phenoxy) is 1. The SMILES string of the molecule is CC(=O)NC(COC(C)=O)C(O)c1ccc([N+](=O)[O-])cc1. The van der Waals surface area contributed by atoms with Crippen LogP contribution >= 0.6 is 0 Å². The lowest BCUT2D eigenvalue weighted by Gasteiger charge is -2.23. The molecule has 2 atom stereocenters. The number of nitrogens with one attached hydrogen (secondary N) is 1. The van der Waals surface area contributed by atoms with E-state index in [1.807, 2.05) is 0 Å². The number of aliphatic hydroxyl groups is 1. The number of hydrogen-bond acceptors (Lipinski definition) is 6. The molecule has 1 aromatic rings. The molecule has 0 aliphatic carbocycles. The minimum absolute atomic E-state index is 0.109. The summed E-state index contributed by atoms with van der Waals surface area (Å²) in [5, 5.41) is 23.2. The molecule has 2 unspecified atom stereocenters. The highest BCUT2D eigenvalue weighted by molar-refractivity contribution is 5.73. The van der Waals surface area contributed by atoms with Crippen LogP contribution in [0.15, 0.2) is 24.3 Å². The van der Waals surface area contributed by atoms with Gasteiger partial charge in [0.25, 0.3) is 5.69 Å². The van der Waals surface area contributed by atoms with E-state index >= 15 is 0 Å². The molecular formula is C13H16N2O6. The molecule has 1 aromatic carbocycles. The van der Waals surface area contributed by atoms with Gasteiger partial charge in [0.05, 0.1) is 11.0 Å². The van der Waals surface area contributed by atoms with Gasteiger partial charge in [-0.1, -0.05) is 0 Å². The molecule has 0 aliphatic rings. The first-order valence-electron chi connectivity index (χ1n) is 6.14. The lowest BCUT2D eigenvalue weighted by atomic mass is 10.0. The third-order valence-corrected chi connectivity index (χ3v) is 2.68. The Hall–Kier alpha value is -2.48. The van der Waals surface area contributed by atoms with Crippen LogP contribution in [0, 0.1) is 10.1 Å². The van der Waals surface area contributed by atoms with Gasteiger partial charge in [0.1, 0.15) is 12.7 Å². The summed E-state index contributed by atoms with van der Waals surface area (Å²) in [5.41, 5.74) is 0.258. The molecule has 0 heterocycles. The van der Waals surface area contributed by atoms with Crippen molar-refractivity contribution in [3.05, 3.63) is 39.9 Å². The Morgan fingerprint density at radius 2 is 1.90 bits per heavy atom. The number of carbonyl (C=O) groups is 2. The zero-order valence-electron chi connectivity index (χ0n) is 11.6. The number of esters is 1. The van der Waals surface area contributed by atoms with E-state index in [0.717, 1.165) is 0 Å². The molecule has 2 N–H and O–H groups in total. The van der Waals surface area contributed by atoms with Gasteiger partial charge < -0.3 is 15.2 Å². The normalized spacial score (nSPS) is 13.1. The highest BCUT2D eigenvalue weighted by atomic mass is 16.6. The van der Waals surface area contributed by atoms with E-state index < -0.39 is 28.9 Å². The van der Waals surface area contributed by atoms with Gasteiger partial charge in [0.15, 0.2) is 0 Å². The summed E-state index contributed by atoms with van der Waals surface area (Å²) in [4.78, 5) is 32.0. The molecule has 0 saturated heterocycles. The smallest absolute Gasteiger partial charge is 0.302 e. The van der Waals surface area contributed by atoms with Crippen LogP contribution in [0.2, 0.25) is 0 Å². The van der Waals surface area contributed by atoms with E-state index in [4.69, 9.17) is 4.74 Å². The first kappa shape index (κ1) is 16.6. The lowest BCUT2D eigenvalue weighted by molar-refractivity contribution is -0.384. The summed E-state index contributed by atoms with van der Waals surface area (Å²) in [6.45, 7) is 2.28. The minimum atomic E-state index is -1.16. The fourth-order valence-corrected chi connectivity index (χ4v) is 1.71. The summed E-state index contributed by atoms with van der Waals surface area (Å²) in [7, 11) is 0. The third-order valence-electron chi connectivity index (χ3n) is 2.68. The average Bonchev–Trinajstić information content (AvgIpc) is 2.42. The number of nitro benzene ring substituents is 1.